The maximum Gasteiger partial charge on any atom is 0.119 e. The lowest BCUT2D eigenvalue weighted by Crippen LogP contribution is -2.35. The minimum Gasteiger partial charge on any atom is -0.386 e. The molecule has 2 aliphatic rings. The van der Waals surface area contributed by atoms with Crippen LogP contribution in [0.5, 0.6) is 0 Å². The maximum atomic E-state index is 5.86. The highest BCUT2D eigenvalue weighted by Gasteiger charge is 2.19. The highest BCUT2D eigenvalue weighted by Crippen LogP contribution is 2.28. The van der Waals surface area contributed by atoms with Crippen LogP contribution in [0.2, 0.25) is 0 Å². The van der Waals surface area contributed by atoms with Gasteiger partial charge in [-0.1, -0.05) is 0 Å². The molecule has 0 aliphatic carbocycles. The number of nitrogens with zero attached hydrogens (tertiary/aromatic N) is 4. The summed E-state index contributed by atoms with van der Waals surface area (Å²) < 4.78 is 0.923. The quantitative estimate of drug-likeness (QED) is 0.845. The molecule has 0 bridgehead atoms. The van der Waals surface area contributed by atoms with Crippen molar-refractivity contribution in [1.82, 2.24) is 9.88 Å². The number of amidine groups is 1. The van der Waals surface area contributed by atoms with Crippen LogP contribution in [-0.4, -0.2) is 41.9 Å². The van der Waals surface area contributed by atoms with Crippen LogP contribution in [0.3, 0.4) is 0 Å². The molecule has 0 spiro atoms. The van der Waals surface area contributed by atoms with E-state index in [0.29, 0.717) is 12.4 Å². The molecule has 3 heterocycles. The fourth-order valence-electron chi connectivity index (χ4n) is 2.84. The Labute approximate surface area is 133 Å². The molecule has 2 aliphatic heterocycles. The lowest BCUT2D eigenvalue weighted by molar-refractivity contribution is 0.343. The van der Waals surface area contributed by atoms with Gasteiger partial charge in [0.2, 0.25) is 0 Å². The number of nitrogens with two attached hydrogens (primary N) is 1. The molecule has 0 radical (unpaired) electrons. The van der Waals surface area contributed by atoms with Crippen molar-refractivity contribution in [2.24, 2.45) is 10.7 Å². The number of hydrogen-bond acceptors (Lipinski definition) is 5. The molecular formula is C15H20BrN5. The van der Waals surface area contributed by atoms with Gasteiger partial charge in [-0.3, -0.25) is 4.98 Å². The topological polar surface area (TPSA) is 57.8 Å². The minimum atomic E-state index is 0.597. The van der Waals surface area contributed by atoms with Crippen LogP contribution in [0.15, 0.2) is 34.3 Å². The summed E-state index contributed by atoms with van der Waals surface area (Å²) in [6.07, 6.45) is 9.21. The van der Waals surface area contributed by atoms with Gasteiger partial charge in [0.15, 0.2) is 0 Å². The SMILES string of the molecule is NC1=NC=C(Br)N(c2cnccc2CCN2CCCC2)C1. The number of aliphatic imine (C=N–C) groups is 1. The fourth-order valence-corrected chi connectivity index (χ4v) is 3.26. The van der Waals surface area contributed by atoms with Crippen molar-refractivity contribution in [3.05, 3.63) is 34.8 Å². The third-order valence-corrected chi connectivity index (χ3v) is 4.62. The van der Waals surface area contributed by atoms with Gasteiger partial charge < -0.3 is 15.5 Å². The lowest BCUT2D eigenvalue weighted by Gasteiger charge is -2.28. The summed E-state index contributed by atoms with van der Waals surface area (Å²) in [5.74, 6) is 0.618. The first-order valence-electron chi connectivity index (χ1n) is 7.34. The Morgan fingerprint density at radius 2 is 2.10 bits per heavy atom. The average Bonchev–Trinajstić information content (AvgIpc) is 3.01. The zero-order valence-electron chi connectivity index (χ0n) is 12.0. The largest absolute Gasteiger partial charge is 0.386 e. The monoisotopic (exact) mass is 349 g/mol. The Hall–Kier alpha value is -1.40. The van der Waals surface area contributed by atoms with E-state index in [1.165, 1.54) is 31.5 Å². The number of anilines is 1. The molecule has 0 aromatic carbocycles. The standard InChI is InChI=1S/C15H20BrN5/c16-14-10-19-15(17)11-21(14)13-9-18-5-3-12(13)4-8-20-6-1-2-7-20/h3,5,9-10H,1-2,4,6-8,11H2,(H2,17,19). The average molecular weight is 350 g/mol. The van der Waals surface area contributed by atoms with Crippen LogP contribution in [-0.2, 0) is 6.42 Å². The fraction of sp³-hybridized carbons (Fsp3) is 0.467. The van der Waals surface area contributed by atoms with E-state index in [4.69, 9.17) is 5.73 Å². The van der Waals surface area contributed by atoms with Crippen molar-refractivity contribution >= 4 is 27.5 Å². The molecule has 0 unspecified atom stereocenters. The van der Waals surface area contributed by atoms with Gasteiger partial charge in [0, 0.05) is 12.7 Å². The molecule has 0 amide bonds. The van der Waals surface area contributed by atoms with E-state index in [9.17, 15) is 0 Å². The van der Waals surface area contributed by atoms with E-state index in [-0.39, 0.29) is 0 Å². The van der Waals surface area contributed by atoms with Crippen molar-refractivity contribution in [1.29, 1.82) is 0 Å². The Balaban J connectivity index is 1.76. The van der Waals surface area contributed by atoms with Gasteiger partial charge in [-0.15, -0.1) is 0 Å². The lowest BCUT2D eigenvalue weighted by atomic mass is 10.1. The van der Waals surface area contributed by atoms with Crippen LogP contribution in [0, 0.1) is 0 Å². The number of hydrogen-bond donors (Lipinski definition) is 1. The first kappa shape index (κ1) is 14.5. The zero-order chi connectivity index (χ0) is 14.7. The number of pyridine rings is 1. The second-order valence-electron chi connectivity index (χ2n) is 5.46. The summed E-state index contributed by atoms with van der Waals surface area (Å²) in [5, 5.41) is 0. The Morgan fingerprint density at radius 3 is 2.90 bits per heavy atom. The van der Waals surface area contributed by atoms with Gasteiger partial charge >= 0.3 is 0 Å². The smallest absolute Gasteiger partial charge is 0.119 e. The third kappa shape index (κ3) is 3.44. The van der Waals surface area contributed by atoms with Crippen LogP contribution < -0.4 is 10.6 Å². The van der Waals surface area contributed by atoms with Crippen LogP contribution in [0.25, 0.3) is 0 Å². The summed E-state index contributed by atoms with van der Waals surface area (Å²) in [6, 6.07) is 2.10. The molecule has 1 aromatic rings. The van der Waals surface area contributed by atoms with Crippen LogP contribution >= 0.6 is 15.9 Å². The summed E-state index contributed by atoms with van der Waals surface area (Å²) in [7, 11) is 0. The highest BCUT2D eigenvalue weighted by molar-refractivity contribution is 9.11. The minimum absolute atomic E-state index is 0.597. The van der Waals surface area contributed by atoms with Gasteiger partial charge in [-0.25, -0.2) is 4.99 Å². The van der Waals surface area contributed by atoms with Crippen molar-refractivity contribution in [2.75, 3.05) is 31.1 Å². The first-order chi connectivity index (χ1) is 10.2. The van der Waals surface area contributed by atoms with E-state index in [0.717, 1.165) is 23.3 Å². The molecule has 5 nitrogen and oxygen atoms in total. The third-order valence-electron chi connectivity index (χ3n) is 3.99. The molecular weight excluding hydrogens is 330 g/mol. The number of rotatable bonds is 4. The van der Waals surface area contributed by atoms with E-state index >= 15 is 0 Å². The molecule has 6 heteroatoms. The van der Waals surface area contributed by atoms with Crippen LogP contribution in [0.4, 0.5) is 5.69 Å². The molecule has 21 heavy (non-hydrogen) atoms. The van der Waals surface area contributed by atoms with Crippen molar-refractivity contribution in [3.63, 3.8) is 0 Å². The van der Waals surface area contributed by atoms with E-state index < -0.39 is 0 Å². The van der Waals surface area contributed by atoms with E-state index in [1.807, 2.05) is 12.4 Å². The van der Waals surface area contributed by atoms with E-state index in [2.05, 4.69) is 41.8 Å². The maximum absolute atomic E-state index is 5.86. The first-order valence-corrected chi connectivity index (χ1v) is 8.14. The molecule has 1 saturated heterocycles. The van der Waals surface area contributed by atoms with Crippen molar-refractivity contribution in [3.8, 4) is 0 Å². The second kappa shape index (κ2) is 6.58. The predicted molar refractivity (Wildman–Crippen MR) is 89.6 cm³/mol. The molecule has 112 valence electrons. The zero-order valence-corrected chi connectivity index (χ0v) is 13.6. The summed E-state index contributed by atoms with van der Waals surface area (Å²) >= 11 is 3.56. The molecule has 1 fully saturated rings. The number of likely N-dealkylation sites (tertiary alicyclic amines) is 1. The van der Waals surface area contributed by atoms with Gasteiger partial charge in [-0.2, -0.15) is 0 Å². The Kier molecular flexibility index (Phi) is 4.55. The van der Waals surface area contributed by atoms with Crippen molar-refractivity contribution in [2.45, 2.75) is 19.3 Å². The Bertz CT molecular complexity index is 563. The van der Waals surface area contributed by atoms with Crippen LogP contribution in [0.1, 0.15) is 18.4 Å². The van der Waals surface area contributed by atoms with Crippen molar-refractivity contribution < 1.29 is 0 Å². The molecule has 2 N–H and O–H groups in total. The Morgan fingerprint density at radius 1 is 1.29 bits per heavy atom. The van der Waals surface area contributed by atoms with Gasteiger partial charge in [-0.05, 0) is 59.9 Å². The number of aromatic nitrogens is 1. The summed E-state index contributed by atoms with van der Waals surface area (Å²) in [4.78, 5) is 13.1. The molecule has 0 saturated carbocycles. The molecule has 0 atom stereocenters. The summed E-state index contributed by atoms with van der Waals surface area (Å²) in [6.45, 7) is 4.16. The molecule has 3 rings (SSSR count). The predicted octanol–water partition coefficient (Wildman–Crippen LogP) is 2.09. The van der Waals surface area contributed by atoms with Gasteiger partial charge in [0.25, 0.3) is 0 Å². The van der Waals surface area contributed by atoms with Gasteiger partial charge in [0.05, 0.1) is 24.6 Å². The highest BCUT2D eigenvalue weighted by atomic mass is 79.9. The number of halogens is 1. The van der Waals surface area contributed by atoms with Gasteiger partial charge in [0.1, 0.15) is 10.4 Å². The second-order valence-corrected chi connectivity index (χ2v) is 6.27. The normalized spacial score (nSPS) is 19.6. The summed E-state index contributed by atoms with van der Waals surface area (Å²) in [5.41, 5.74) is 8.27. The van der Waals surface area contributed by atoms with E-state index in [1.54, 1.807) is 6.20 Å². The molecule has 1 aromatic heterocycles.